The van der Waals surface area contributed by atoms with Crippen LogP contribution < -0.4 is 11.1 Å². The molecule has 1 amide bonds. The van der Waals surface area contributed by atoms with Crippen molar-refractivity contribution in [1.82, 2.24) is 29.8 Å². The summed E-state index contributed by atoms with van der Waals surface area (Å²) in [4.78, 5) is 23.5. The van der Waals surface area contributed by atoms with Gasteiger partial charge in [-0.2, -0.15) is 9.50 Å². The van der Waals surface area contributed by atoms with Gasteiger partial charge >= 0.3 is 0 Å². The fraction of sp³-hybridized carbons (Fsp3) is 0.429. The minimum absolute atomic E-state index is 0.0527. The molecule has 0 atom stereocenters. The van der Waals surface area contributed by atoms with E-state index in [-0.39, 0.29) is 18.3 Å². The largest absolute Gasteiger partial charge is 0.366 e. The molecule has 2 heterocycles. The Morgan fingerprint density at radius 3 is 2.52 bits per heavy atom. The van der Waals surface area contributed by atoms with Crippen molar-refractivity contribution in [3.8, 4) is 0 Å². The second-order valence-corrected chi connectivity index (χ2v) is 7.13. The highest BCUT2D eigenvalue weighted by Crippen LogP contribution is 2.16. The van der Waals surface area contributed by atoms with Crippen LogP contribution in [0.4, 0.5) is 5.95 Å². The number of hydrogen-bond donors (Lipinski definition) is 2. The molecule has 29 heavy (non-hydrogen) atoms. The smallest absolute Gasteiger partial charge is 0.254 e. The number of aromatic nitrogens is 4. The van der Waals surface area contributed by atoms with Gasteiger partial charge in [0, 0.05) is 30.0 Å². The predicted molar refractivity (Wildman–Crippen MR) is 113 cm³/mol. The van der Waals surface area contributed by atoms with Crippen LogP contribution in [-0.2, 0) is 24.3 Å². The number of carbonyl (C=O) groups is 1. The van der Waals surface area contributed by atoms with E-state index in [0.29, 0.717) is 12.3 Å². The second kappa shape index (κ2) is 9.00. The number of fused-ring (bicyclic) bond motifs is 1. The molecule has 0 fully saturated rings. The summed E-state index contributed by atoms with van der Waals surface area (Å²) in [6.07, 6.45) is 0.235. The molecule has 0 spiro atoms. The van der Waals surface area contributed by atoms with Crippen LogP contribution in [0.3, 0.4) is 0 Å². The first-order valence-corrected chi connectivity index (χ1v) is 9.97. The van der Waals surface area contributed by atoms with E-state index in [1.54, 1.807) is 4.52 Å². The summed E-state index contributed by atoms with van der Waals surface area (Å²) < 4.78 is 1.59. The zero-order chi connectivity index (χ0) is 21.0. The lowest BCUT2D eigenvalue weighted by Gasteiger charge is -2.20. The molecular formula is C21H29N7O. The molecular weight excluding hydrogens is 366 g/mol. The molecule has 154 valence electrons. The molecule has 1 aromatic carbocycles. The Balaban J connectivity index is 1.71. The van der Waals surface area contributed by atoms with E-state index in [4.69, 9.17) is 5.73 Å². The fourth-order valence-electron chi connectivity index (χ4n) is 3.47. The first-order chi connectivity index (χ1) is 13.9. The van der Waals surface area contributed by atoms with Crippen LogP contribution in [0.2, 0.25) is 0 Å². The number of nitrogens with zero attached hydrogens (tertiary/aromatic N) is 5. The number of nitrogens with two attached hydrogens (primary N) is 1. The third-order valence-corrected chi connectivity index (χ3v) is 5.29. The molecule has 8 nitrogen and oxygen atoms in total. The lowest BCUT2D eigenvalue weighted by molar-refractivity contribution is -0.120. The molecule has 8 heteroatoms. The molecule has 3 N–H and O–H groups in total. The fourth-order valence-corrected chi connectivity index (χ4v) is 3.47. The minimum atomic E-state index is -0.0527. The predicted octanol–water partition coefficient (Wildman–Crippen LogP) is 2.02. The molecule has 0 aliphatic carbocycles. The Morgan fingerprint density at radius 1 is 1.14 bits per heavy atom. The molecule has 0 bridgehead atoms. The zero-order valence-corrected chi connectivity index (χ0v) is 17.6. The van der Waals surface area contributed by atoms with Crippen molar-refractivity contribution in [3.05, 3.63) is 52.3 Å². The van der Waals surface area contributed by atoms with E-state index in [9.17, 15) is 4.79 Å². The van der Waals surface area contributed by atoms with Crippen molar-refractivity contribution < 1.29 is 4.79 Å². The molecule has 2 aromatic heterocycles. The number of aryl methyl sites for hydroxylation is 2. The highest BCUT2D eigenvalue weighted by atomic mass is 16.1. The molecule has 3 rings (SSSR count). The number of nitrogens with one attached hydrogen (secondary N) is 1. The summed E-state index contributed by atoms with van der Waals surface area (Å²) >= 11 is 0. The maximum Gasteiger partial charge on any atom is 0.254 e. The highest BCUT2D eigenvalue weighted by molar-refractivity contribution is 5.79. The number of anilines is 1. The van der Waals surface area contributed by atoms with Crippen LogP contribution >= 0.6 is 0 Å². The summed E-state index contributed by atoms with van der Waals surface area (Å²) in [5, 5.41) is 7.20. The SMILES string of the molecule is CCN(CC)Cc1ccccc1CNC(=O)Cc1c(C)nc2nc(N)nn2c1C. The van der Waals surface area contributed by atoms with Crippen molar-refractivity contribution in [2.75, 3.05) is 18.8 Å². The van der Waals surface area contributed by atoms with Gasteiger partial charge in [0.15, 0.2) is 0 Å². The molecule has 0 unspecified atom stereocenters. The van der Waals surface area contributed by atoms with Crippen molar-refractivity contribution >= 4 is 17.6 Å². The van der Waals surface area contributed by atoms with Gasteiger partial charge in [0.1, 0.15) is 0 Å². The average Bonchev–Trinajstić information content (AvgIpc) is 3.08. The standard InChI is InChI=1S/C21H29N7O/c1-5-27(6-2)13-17-10-8-7-9-16(17)12-23-19(29)11-18-14(3)24-21-25-20(22)26-28(21)15(18)4/h7-10H,5-6,11-13H2,1-4H3,(H2,22,26)(H,23,29). The van der Waals surface area contributed by atoms with Gasteiger partial charge in [0.25, 0.3) is 5.78 Å². The molecule has 0 saturated carbocycles. The van der Waals surface area contributed by atoms with Crippen LogP contribution in [0.1, 0.15) is 41.9 Å². The monoisotopic (exact) mass is 395 g/mol. The van der Waals surface area contributed by atoms with Crippen LogP contribution in [0.5, 0.6) is 0 Å². The Kier molecular flexibility index (Phi) is 6.43. The summed E-state index contributed by atoms with van der Waals surface area (Å²) in [7, 11) is 0. The van der Waals surface area contributed by atoms with Gasteiger partial charge in [0.05, 0.1) is 6.42 Å². The third-order valence-electron chi connectivity index (χ3n) is 5.29. The maximum absolute atomic E-state index is 12.7. The topological polar surface area (TPSA) is 101 Å². The Bertz CT molecular complexity index is 1010. The van der Waals surface area contributed by atoms with Crippen molar-refractivity contribution in [1.29, 1.82) is 0 Å². The first kappa shape index (κ1) is 20.7. The van der Waals surface area contributed by atoms with Crippen LogP contribution in [0, 0.1) is 13.8 Å². The van der Waals surface area contributed by atoms with Crippen LogP contribution in [-0.4, -0.2) is 43.5 Å². The summed E-state index contributed by atoms with van der Waals surface area (Å²) in [6, 6.07) is 8.25. The Hall–Kier alpha value is -3.00. The van der Waals surface area contributed by atoms with E-state index < -0.39 is 0 Å². The van der Waals surface area contributed by atoms with Gasteiger partial charge in [-0.25, -0.2) is 4.98 Å². The van der Waals surface area contributed by atoms with E-state index in [1.807, 2.05) is 26.0 Å². The first-order valence-electron chi connectivity index (χ1n) is 9.97. The normalized spacial score (nSPS) is 11.3. The summed E-state index contributed by atoms with van der Waals surface area (Å²) in [5.41, 5.74) is 10.5. The van der Waals surface area contributed by atoms with E-state index in [1.165, 1.54) is 5.56 Å². The van der Waals surface area contributed by atoms with Gasteiger partial charge in [-0.15, -0.1) is 5.10 Å². The minimum Gasteiger partial charge on any atom is -0.366 e. The van der Waals surface area contributed by atoms with Crippen LogP contribution in [0.15, 0.2) is 24.3 Å². The molecule has 0 aliphatic rings. The van der Waals surface area contributed by atoms with Gasteiger partial charge in [-0.05, 0) is 38.1 Å². The number of hydrogen-bond acceptors (Lipinski definition) is 6. The summed E-state index contributed by atoms with van der Waals surface area (Å²) in [6.45, 7) is 11.5. The van der Waals surface area contributed by atoms with Crippen molar-refractivity contribution in [3.63, 3.8) is 0 Å². The quantitative estimate of drug-likeness (QED) is 0.605. The highest BCUT2D eigenvalue weighted by Gasteiger charge is 2.16. The van der Waals surface area contributed by atoms with Gasteiger partial charge in [0.2, 0.25) is 11.9 Å². The second-order valence-electron chi connectivity index (χ2n) is 7.13. The number of benzene rings is 1. The maximum atomic E-state index is 12.7. The lowest BCUT2D eigenvalue weighted by atomic mass is 10.1. The van der Waals surface area contributed by atoms with Gasteiger partial charge in [-0.3, -0.25) is 9.69 Å². The lowest BCUT2D eigenvalue weighted by Crippen LogP contribution is -2.27. The molecule has 0 aliphatic heterocycles. The van der Waals surface area contributed by atoms with E-state index >= 15 is 0 Å². The van der Waals surface area contributed by atoms with Gasteiger partial charge in [-0.1, -0.05) is 38.1 Å². The van der Waals surface area contributed by atoms with E-state index in [0.717, 1.165) is 42.1 Å². The van der Waals surface area contributed by atoms with Crippen LogP contribution in [0.25, 0.3) is 5.78 Å². The molecule has 0 radical (unpaired) electrons. The summed E-state index contributed by atoms with van der Waals surface area (Å²) in [5.74, 6) is 0.571. The van der Waals surface area contributed by atoms with E-state index in [2.05, 4.69) is 51.3 Å². The number of nitrogen functional groups attached to an aromatic ring is 1. The Morgan fingerprint density at radius 2 is 1.83 bits per heavy atom. The molecule has 3 aromatic rings. The van der Waals surface area contributed by atoms with Crippen molar-refractivity contribution in [2.45, 2.75) is 47.2 Å². The zero-order valence-electron chi connectivity index (χ0n) is 17.6. The number of rotatable bonds is 8. The number of carbonyl (C=O) groups excluding carboxylic acids is 1. The average molecular weight is 396 g/mol. The number of amides is 1. The molecule has 0 saturated heterocycles. The third kappa shape index (κ3) is 4.71. The van der Waals surface area contributed by atoms with Crippen molar-refractivity contribution in [2.24, 2.45) is 0 Å². The Labute approximate surface area is 171 Å². The van der Waals surface area contributed by atoms with Gasteiger partial charge < -0.3 is 11.1 Å².